The third-order valence-corrected chi connectivity index (χ3v) is 5.57. The quantitative estimate of drug-likeness (QED) is 0.676. The molecular formula is C25H25NO2. The monoisotopic (exact) mass is 371 g/mol. The molecule has 28 heavy (non-hydrogen) atoms. The summed E-state index contributed by atoms with van der Waals surface area (Å²) in [5, 5.41) is 9.54. The van der Waals surface area contributed by atoms with Gasteiger partial charge in [0, 0.05) is 24.9 Å². The van der Waals surface area contributed by atoms with Gasteiger partial charge in [-0.15, -0.1) is 0 Å². The SMILES string of the molecule is O=C(C1C(c2ccccc2)C1c1ccccc1)N(CCO)Cc1ccccc1. The van der Waals surface area contributed by atoms with E-state index in [-0.39, 0.29) is 30.3 Å². The summed E-state index contributed by atoms with van der Waals surface area (Å²) >= 11 is 0. The van der Waals surface area contributed by atoms with E-state index < -0.39 is 0 Å². The molecule has 142 valence electrons. The molecule has 0 bridgehead atoms. The molecule has 3 aromatic rings. The summed E-state index contributed by atoms with van der Waals surface area (Å²) in [6, 6.07) is 30.6. The molecule has 1 N–H and O–H groups in total. The Hall–Kier alpha value is -2.91. The van der Waals surface area contributed by atoms with E-state index in [4.69, 9.17) is 0 Å². The fourth-order valence-corrected chi connectivity index (χ4v) is 4.20. The second-order valence-electron chi connectivity index (χ2n) is 7.37. The van der Waals surface area contributed by atoms with E-state index in [1.165, 1.54) is 11.1 Å². The Morgan fingerprint density at radius 2 is 1.21 bits per heavy atom. The van der Waals surface area contributed by atoms with E-state index in [1.54, 1.807) is 4.90 Å². The Bertz CT molecular complexity index is 850. The normalized spacial score (nSPS) is 20.5. The summed E-state index contributed by atoms with van der Waals surface area (Å²) in [5.41, 5.74) is 3.49. The molecule has 3 heteroatoms. The zero-order valence-electron chi connectivity index (χ0n) is 15.8. The van der Waals surface area contributed by atoms with E-state index >= 15 is 0 Å². The van der Waals surface area contributed by atoms with Gasteiger partial charge in [0.1, 0.15) is 0 Å². The van der Waals surface area contributed by atoms with Gasteiger partial charge in [-0.1, -0.05) is 91.0 Å². The molecule has 1 aliphatic rings. The van der Waals surface area contributed by atoms with Crippen LogP contribution in [0.2, 0.25) is 0 Å². The Morgan fingerprint density at radius 3 is 1.68 bits per heavy atom. The number of rotatable bonds is 7. The van der Waals surface area contributed by atoms with Crippen LogP contribution in [0.25, 0.3) is 0 Å². The molecular weight excluding hydrogens is 346 g/mol. The highest BCUT2D eigenvalue weighted by Gasteiger charge is 2.56. The molecule has 1 amide bonds. The maximum atomic E-state index is 13.5. The number of aliphatic hydroxyl groups excluding tert-OH is 1. The van der Waals surface area contributed by atoms with Crippen molar-refractivity contribution in [2.75, 3.05) is 13.2 Å². The first-order valence-electron chi connectivity index (χ1n) is 9.83. The Morgan fingerprint density at radius 1 is 0.750 bits per heavy atom. The number of hydrogen-bond acceptors (Lipinski definition) is 2. The lowest BCUT2D eigenvalue weighted by Gasteiger charge is -2.22. The first-order valence-corrected chi connectivity index (χ1v) is 9.83. The van der Waals surface area contributed by atoms with Gasteiger partial charge < -0.3 is 10.0 Å². The maximum absolute atomic E-state index is 13.5. The first kappa shape index (κ1) is 18.5. The highest BCUT2D eigenvalue weighted by atomic mass is 16.3. The summed E-state index contributed by atoms with van der Waals surface area (Å²) in [6.45, 7) is 0.851. The van der Waals surface area contributed by atoms with Gasteiger partial charge in [0.2, 0.25) is 5.91 Å². The Kier molecular flexibility index (Phi) is 5.54. The number of carbonyl (C=O) groups is 1. The van der Waals surface area contributed by atoms with Crippen LogP contribution >= 0.6 is 0 Å². The second kappa shape index (κ2) is 8.41. The third kappa shape index (κ3) is 3.85. The van der Waals surface area contributed by atoms with Gasteiger partial charge in [-0.2, -0.15) is 0 Å². The molecule has 2 atom stereocenters. The number of aliphatic hydroxyl groups is 1. The van der Waals surface area contributed by atoms with Gasteiger partial charge in [0.05, 0.1) is 12.5 Å². The van der Waals surface area contributed by atoms with Crippen LogP contribution in [-0.2, 0) is 11.3 Å². The summed E-state index contributed by atoms with van der Waals surface area (Å²) in [4.78, 5) is 15.3. The minimum Gasteiger partial charge on any atom is -0.395 e. The van der Waals surface area contributed by atoms with E-state index in [0.717, 1.165) is 5.56 Å². The summed E-state index contributed by atoms with van der Waals surface area (Å²) in [5.74, 6) is 0.418. The maximum Gasteiger partial charge on any atom is 0.227 e. The molecule has 1 saturated carbocycles. The number of carbonyl (C=O) groups excluding carboxylic acids is 1. The van der Waals surface area contributed by atoms with Crippen LogP contribution in [0, 0.1) is 5.92 Å². The summed E-state index contributed by atoms with van der Waals surface area (Å²) in [7, 11) is 0. The Labute approximate surface area is 166 Å². The number of nitrogens with zero attached hydrogens (tertiary/aromatic N) is 1. The van der Waals surface area contributed by atoms with E-state index in [2.05, 4.69) is 24.3 Å². The molecule has 0 saturated heterocycles. The van der Waals surface area contributed by atoms with Crippen LogP contribution in [0.1, 0.15) is 28.5 Å². The van der Waals surface area contributed by atoms with Crippen molar-refractivity contribution < 1.29 is 9.90 Å². The topological polar surface area (TPSA) is 40.5 Å². The van der Waals surface area contributed by atoms with Crippen LogP contribution in [0.3, 0.4) is 0 Å². The fraction of sp³-hybridized carbons (Fsp3) is 0.240. The zero-order chi connectivity index (χ0) is 19.3. The van der Waals surface area contributed by atoms with E-state index in [9.17, 15) is 9.90 Å². The smallest absolute Gasteiger partial charge is 0.227 e. The van der Waals surface area contributed by atoms with Crippen LogP contribution < -0.4 is 0 Å². The predicted molar refractivity (Wildman–Crippen MR) is 111 cm³/mol. The molecule has 0 heterocycles. The Balaban J connectivity index is 1.61. The lowest BCUT2D eigenvalue weighted by molar-refractivity contribution is -0.134. The van der Waals surface area contributed by atoms with Gasteiger partial charge >= 0.3 is 0 Å². The van der Waals surface area contributed by atoms with E-state index in [0.29, 0.717) is 13.1 Å². The largest absolute Gasteiger partial charge is 0.395 e. The van der Waals surface area contributed by atoms with Crippen molar-refractivity contribution in [3.05, 3.63) is 108 Å². The molecule has 0 aromatic heterocycles. The molecule has 3 nitrogen and oxygen atoms in total. The number of hydrogen-bond donors (Lipinski definition) is 1. The van der Waals surface area contributed by atoms with Crippen LogP contribution in [-0.4, -0.2) is 29.1 Å². The van der Waals surface area contributed by atoms with Crippen molar-refractivity contribution in [1.82, 2.24) is 4.90 Å². The average molecular weight is 371 g/mol. The molecule has 0 radical (unpaired) electrons. The second-order valence-corrected chi connectivity index (χ2v) is 7.37. The molecule has 3 aromatic carbocycles. The average Bonchev–Trinajstić information content (AvgIpc) is 3.51. The van der Waals surface area contributed by atoms with Crippen LogP contribution in [0.4, 0.5) is 0 Å². The predicted octanol–water partition coefficient (Wildman–Crippen LogP) is 4.20. The first-order chi connectivity index (χ1) is 13.8. The standard InChI is InChI=1S/C25H25NO2/c27-17-16-26(18-19-10-4-1-5-11-19)25(28)24-22(20-12-6-2-7-13-20)23(24)21-14-8-3-9-15-21/h1-15,22-24,27H,16-18H2. The number of benzene rings is 3. The highest BCUT2D eigenvalue weighted by Crippen LogP contribution is 2.61. The minimum absolute atomic E-state index is 0.0305. The molecule has 2 unspecified atom stereocenters. The van der Waals surface area contributed by atoms with E-state index in [1.807, 2.05) is 66.7 Å². The van der Waals surface area contributed by atoms with Gasteiger partial charge in [0.15, 0.2) is 0 Å². The summed E-state index contributed by atoms with van der Waals surface area (Å²) in [6.07, 6.45) is 0. The summed E-state index contributed by atoms with van der Waals surface area (Å²) < 4.78 is 0. The fourth-order valence-electron chi connectivity index (χ4n) is 4.20. The van der Waals surface area contributed by atoms with Crippen LogP contribution in [0.5, 0.6) is 0 Å². The molecule has 0 aliphatic heterocycles. The lowest BCUT2D eigenvalue weighted by atomic mass is 10.0. The molecule has 0 spiro atoms. The third-order valence-electron chi connectivity index (χ3n) is 5.57. The highest BCUT2D eigenvalue weighted by molar-refractivity contribution is 5.85. The number of amides is 1. The van der Waals surface area contributed by atoms with Crippen LogP contribution in [0.15, 0.2) is 91.0 Å². The van der Waals surface area contributed by atoms with Gasteiger partial charge in [0.25, 0.3) is 0 Å². The van der Waals surface area contributed by atoms with Crippen molar-refractivity contribution in [2.24, 2.45) is 5.92 Å². The lowest BCUT2D eigenvalue weighted by Crippen LogP contribution is -2.34. The van der Waals surface area contributed by atoms with Gasteiger partial charge in [-0.05, 0) is 16.7 Å². The van der Waals surface area contributed by atoms with Crippen molar-refractivity contribution in [1.29, 1.82) is 0 Å². The van der Waals surface area contributed by atoms with Crippen molar-refractivity contribution >= 4 is 5.91 Å². The molecule has 1 fully saturated rings. The zero-order valence-corrected chi connectivity index (χ0v) is 15.8. The van der Waals surface area contributed by atoms with Crippen molar-refractivity contribution in [2.45, 2.75) is 18.4 Å². The molecule has 1 aliphatic carbocycles. The minimum atomic E-state index is -0.0833. The van der Waals surface area contributed by atoms with Crippen molar-refractivity contribution in [3.8, 4) is 0 Å². The molecule has 4 rings (SSSR count). The van der Waals surface area contributed by atoms with Gasteiger partial charge in [-0.25, -0.2) is 0 Å². The van der Waals surface area contributed by atoms with Gasteiger partial charge in [-0.3, -0.25) is 4.79 Å². The van der Waals surface area contributed by atoms with Crippen molar-refractivity contribution in [3.63, 3.8) is 0 Å².